The highest BCUT2D eigenvalue weighted by Crippen LogP contribution is 2.10. The lowest BCUT2D eigenvalue weighted by Crippen LogP contribution is -2.43. The van der Waals surface area contributed by atoms with Crippen LogP contribution in [0.2, 0.25) is 0 Å². The van der Waals surface area contributed by atoms with Crippen molar-refractivity contribution in [3.63, 3.8) is 0 Å². The van der Waals surface area contributed by atoms with Crippen LogP contribution in [0.25, 0.3) is 0 Å². The summed E-state index contributed by atoms with van der Waals surface area (Å²) in [5, 5.41) is 5.24. The molecule has 0 aromatic heterocycles. The number of nitrogens with one attached hydrogen (secondary N) is 2. The van der Waals surface area contributed by atoms with Crippen molar-refractivity contribution in [1.82, 2.24) is 5.32 Å². The zero-order valence-electron chi connectivity index (χ0n) is 12.6. The fraction of sp³-hybridized carbons (Fsp3) is 0.467. The number of carbonyl (C=O) groups excluding carboxylic acids is 2. The highest BCUT2D eigenvalue weighted by molar-refractivity contribution is 5.96. The van der Waals surface area contributed by atoms with Crippen LogP contribution in [0.5, 0.6) is 0 Å². The Kier molecular flexibility index (Phi) is 5.13. The highest BCUT2D eigenvalue weighted by Gasteiger charge is 2.20. The quantitative estimate of drug-likeness (QED) is 0.893. The Bertz CT molecular complexity index is 492. The molecule has 0 spiro atoms. The number of amides is 2. The van der Waals surface area contributed by atoms with Gasteiger partial charge < -0.3 is 15.4 Å². The molecule has 110 valence electrons. The van der Waals surface area contributed by atoms with Crippen LogP contribution in [0.15, 0.2) is 24.3 Å². The van der Waals surface area contributed by atoms with Gasteiger partial charge in [-0.3, -0.25) is 4.79 Å². The zero-order chi connectivity index (χ0) is 15.3. The number of aryl methyl sites for hydroxylation is 1. The topological polar surface area (TPSA) is 67.4 Å². The Morgan fingerprint density at radius 3 is 2.45 bits per heavy atom. The third-order valence-corrected chi connectivity index (χ3v) is 2.41. The number of hydrogen-bond acceptors (Lipinski definition) is 3. The van der Waals surface area contributed by atoms with Crippen molar-refractivity contribution >= 4 is 17.7 Å². The van der Waals surface area contributed by atoms with Crippen molar-refractivity contribution in [2.24, 2.45) is 0 Å². The zero-order valence-corrected chi connectivity index (χ0v) is 12.6. The molecule has 0 aliphatic heterocycles. The van der Waals surface area contributed by atoms with Crippen LogP contribution in [0.3, 0.4) is 0 Å². The fourth-order valence-electron chi connectivity index (χ4n) is 1.52. The van der Waals surface area contributed by atoms with Crippen LogP contribution in [-0.2, 0) is 9.53 Å². The average Bonchev–Trinajstić information content (AvgIpc) is 2.25. The first kappa shape index (κ1) is 16.0. The summed E-state index contributed by atoms with van der Waals surface area (Å²) in [7, 11) is 0. The lowest BCUT2D eigenvalue weighted by Gasteiger charge is -2.21. The molecule has 0 saturated carbocycles. The van der Waals surface area contributed by atoms with E-state index in [1.807, 2.05) is 25.1 Å². The number of rotatable bonds is 3. The van der Waals surface area contributed by atoms with Crippen molar-refractivity contribution < 1.29 is 14.3 Å². The summed E-state index contributed by atoms with van der Waals surface area (Å²) in [6.45, 7) is 8.85. The van der Waals surface area contributed by atoms with Crippen LogP contribution in [0.1, 0.15) is 33.3 Å². The van der Waals surface area contributed by atoms with Gasteiger partial charge in [0.15, 0.2) is 0 Å². The first-order chi connectivity index (χ1) is 9.17. The van der Waals surface area contributed by atoms with Gasteiger partial charge in [-0.25, -0.2) is 4.79 Å². The second-order valence-electron chi connectivity index (χ2n) is 5.73. The number of hydrogen-bond donors (Lipinski definition) is 2. The molecule has 0 radical (unpaired) electrons. The second-order valence-corrected chi connectivity index (χ2v) is 5.73. The Balaban J connectivity index is 2.53. The Morgan fingerprint density at radius 2 is 1.90 bits per heavy atom. The summed E-state index contributed by atoms with van der Waals surface area (Å²) in [4.78, 5) is 23.5. The smallest absolute Gasteiger partial charge is 0.408 e. The van der Waals surface area contributed by atoms with Gasteiger partial charge in [0.05, 0.1) is 0 Å². The predicted octanol–water partition coefficient (Wildman–Crippen LogP) is 2.85. The normalized spacial score (nSPS) is 12.4. The van der Waals surface area contributed by atoms with E-state index in [0.29, 0.717) is 5.69 Å². The molecule has 2 amide bonds. The molecule has 1 rings (SSSR count). The van der Waals surface area contributed by atoms with E-state index in [0.717, 1.165) is 5.56 Å². The van der Waals surface area contributed by atoms with Gasteiger partial charge in [0.2, 0.25) is 5.91 Å². The molecule has 0 heterocycles. The molecule has 1 aromatic carbocycles. The molecule has 1 unspecified atom stereocenters. The van der Waals surface area contributed by atoms with Gasteiger partial charge >= 0.3 is 6.09 Å². The first-order valence-electron chi connectivity index (χ1n) is 6.54. The van der Waals surface area contributed by atoms with Crippen molar-refractivity contribution in [3.05, 3.63) is 29.8 Å². The highest BCUT2D eigenvalue weighted by atomic mass is 16.6. The molecule has 0 fully saturated rings. The summed E-state index contributed by atoms with van der Waals surface area (Å²) in [5.41, 5.74) is 1.17. The summed E-state index contributed by atoms with van der Waals surface area (Å²) in [5.74, 6) is -0.290. The van der Waals surface area contributed by atoms with Crippen molar-refractivity contribution in [2.75, 3.05) is 5.32 Å². The number of ether oxygens (including phenoxy) is 1. The van der Waals surface area contributed by atoms with E-state index < -0.39 is 17.7 Å². The third-order valence-electron chi connectivity index (χ3n) is 2.41. The molecule has 20 heavy (non-hydrogen) atoms. The number of anilines is 1. The SMILES string of the molecule is Cc1cccc(NC(=O)C(C)NC(=O)OC(C)(C)C)c1. The van der Waals surface area contributed by atoms with Gasteiger partial charge in [0.1, 0.15) is 11.6 Å². The van der Waals surface area contributed by atoms with Crippen LogP contribution in [-0.4, -0.2) is 23.6 Å². The lowest BCUT2D eigenvalue weighted by atomic mass is 10.2. The number of alkyl carbamates (subject to hydrolysis) is 1. The minimum absolute atomic E-state index is 0.290. The van der Waals surface area contributed by atoms with E-state index in [2.05, 4.69) is 10.6 Å². The van der Waals surface area contributed by atoms with Gasteiger partial charge in [-0.2, -0.15) is 0 Å². The van der Waals surface area contributed by atoms with Crippen molar-refractivity contribution in [3.8, 4) is 0 Å². The van der Waals surface area contributed by atoms with E-state index in [1.165, 1.54) is 0 Å². The summed E-state index contributed by atoms with van der Waals surface area (Å²) >= 11 is 0. The summed E-state index contributed by atoms with van der Waals surface area (Å²) < 4.78 is 5.10. The van der Waals surface area contributed by atoms with Crippen LogP contribution >= 0.6 is 0 Å². The van der Waals surface area contributed by atoms with Gasteiger partial charge in [0, 0.05) is 5.69 Å². The molecule has 2 N–H and O–H groups in total. The molecule has 1 aromatic rings. The standard InChI is InChI=1S/C15H22N2O3/c1-10-7-6-8-12(9-10)17-13(18)11(2)16-14(19)20-15(3,4)5/h6-9,11H,1-5H3,(H,16,19)(H,17,18). The Labute approximate surface area is 119 Å². The largest absolute Gasteiger partial charge is 0.444 e. The summed E-state index contributed by atoms with van der Waals surface area (Å²) in [6.07, 6.45) is -0.607. The van der Waals surface area contributed by atoms with E-state index in [-0.39, 0.29) is 5.91 Å². The van der Waals surface area contributed by atoms with Crippen LogP contribution in [0.4, 0.5) is 10.5 Å². The lowest BCUT2D eigenvalue weighted by molar-refractivity contribution is -0.117. The molecule has 1 atom stereocenters. The van der Waals surface area contributed by atoms with Gasteiger partial charge in [-0.1, -0.05) is 12.1 Å². The molecule has 0 aliphatic rings. The van der Waals surface area contributed by atoms with Gasteiger partial charge in [-0.05, 0) is 52.3 Å². The molecular weight excluding hydrogens is 256 g/mol. The van der Waals surface area contributed by atoms with Crippen LogP contribution in [0, 0.1) is 6.92 Å². The Morgan fingerprint density at radius 1 is 1.25 bits per heavy atom. The van der Waals surface area contributed by atoms with Gasteiger partial charge in [0.25, 0.3) is 0 Å². The van der Waals surface area contributed by atoms with Crippen molar-refractivity contribution in [2.45, 2.75) is 46.3 Å². The molecule has 0 aliphatic carbocycles. The summed E-state index contributed by atoms with van der Waals surface area (Å²) in [6, 6.07) is 6.78. The maximum Gasteiger partial charge on any atom is 0.408 e. The number of carbonyl (C=O) groups is 2. The molecule has 5 heteroatoms. The van der Waals surface area contributed by atoms with E-state index >= 15 is 0 Å². The van der Waals surface area contributed by atoms with E-state index in [9.17, 15) is 9.59 Å². The van der Waals surface area contributed by atoms with Gasteiger partial charge in [-0.15, -0.1) is 0 Å². The van der Waals surface area contributed by atoms with E-state index in [4.69, 9.17) is 4.74 Å². The van der Waals surface area contributed by atoms with Crippen molar-refractivity contribution in [1.29, 1.82) is 0 Å². The second kappa shape index (κ2) is 6.41. The fourth-order valence-corrected chi connectivity index (χ4v) is 1.52. The average molecular weight is 278 g/mol. The molecule has 0 saturated heterocycles. The number of benzene rings is 1. The first-order valence-corrected chi connectivity index (χ1v) is 6.54. The molecule has 5 nitrogen and oxygen atoms in total. The minimum atomic E-state index is -0.676. The van der Waals surface area contributed by atoms with Crippen LogP contribution < -0.4 is 10.6 Å². The third kappa shape index (κ3) is 5.73. The Hall–Kier alpha value is -2.04. The maximum absolute atomic E-state index is 11.9. The monoisotopic (exact) mass is 278 g/mol. The van der Waals surface area contributed by atoms with E-state index in [1.54, 1.807) is 33.8 Å². The molecular formula is C15H22N2O3. The predicted molar refractivity (Wildman–Crippen MR) is 78.6 cm³/mol. The molecule has 0 bridgehead atoms. The maximum atomic E-state index is 11.9. The minimum Gasteiger partial charge on any atom is -0.444 e.